The molecule has 1 aliphatic heterocycles. The lowest BCUT2D eigenvalue weighted by Crippen LogP contribution is -2.35. The molecule has 3 aromatic rings. The molecule has 3 heterocycles. The Morgan fingerprint density at radius 3 is 2.83 bits per heavy atom. The molecule has 6 heteroatoms. The third kappa shape index (κ3) is 2.70. The Balaban J connectivity index is 1.61. The van der Waals surface area contributed by atoms with Crippen molar-refractivity contribution in [3.63, 3.8) is 0 Å². The Morgan fingerprint density at radius 1 is 1.25 bits per heavy atom. The molecule has 0 saturated carbocycles. The minimum atomic E-state index is 0.0627. The van der Waals surface area contributed by atoms with Gasteiger partial charge in [-0.2, -0.15) is 5.10 Å². The van der Waals surface area contributed by atoms with Crippen LogP contribution in [0.4, 0.5) is 0 Å². The zero-order valence-electron chi connectivity index (χ0n) is 13.2. The number of carbonyl (C=O) groups excluding carboxylic acids is 1. The van der Waals surface area contributed by atoms with Crippen LogP contribution in [0, 0.1) is 6.92 Å². The molecular weight excluding hydrogens is 386 g/mol. The van der Waals surface area contributed by atoms with Crippen LogP contribution in [-0.4, -0.2) is 27.1 Å². The number of aromatic nitrogens is 2. The summed E-state index contributed by atoms with van der Waals surface area (Å²) >= 11 is 5.22. The largest absolute Gasteiger partial charge is 0.334 e. The number of nitrogens with zero attached hydrogens (tertiary/aromatic N) is 3. The number of benzene rings is 1. The van der Waals surface area contributed by atoms with E-state index in [1.165, 1.54) is 10.4 Å². The fourth-order valence-electron chi connectivity index (χ4n) is 3.05. The highest BCUT2D eigenvalue weighted by Crippen LogP contribution is 2.26. The molecule has 1 aromatic carbocycles. The first-order valence-electron chi connectivity index (χ1n) is 7.78. The topological polar surface area (TPSA) is 38.1 Å². The Kier molecular flexibility index (Phi) is 4.02. The van der Waals surface area contributed by atoms with E-state index in [1.54, 1.807) is 17.5 Å². The highest BCUT2D eigenvalue weighted by molar-refractivity contribution is 9.10. The van der Waals surface area contributed by atoms with Gasteiger partial charge in [-0.15, -0.1) is 11.3 Å². The van der Waals surface area contributed by atoms with E-state index in [9.17, 15) is 4.79 Å². The van der Waals surface area contributed by atoms with Gasteiger partial charge in [-0.05, 0) is 54.6 Å². The fraction of sp³-hybridized carbons (Fsp3) is 0.222. The molecular formula is C18H16BrN3OS. The molecule has 0 atom stereocenters. The third-order valence-electron chi connectivity index (χ3n) is 4.41. The highest BCUT2D eigenvalue weighted by Gasteiger charge is 2.25. The summed E-state index contributed by atoms with van der Waals surface area (Å²) in [4.78, 5) is 16.2. The lowest BCUT2D eigenvalue weighted by Gasteiger charge is -2.26. The lowest BCUT2D eigenvalue weighted by atomic mass is 10.1. The van der Waals surface area contributed by atoms with Crippen LogP contribution >= 0.6 is 27.3 Å². The van der Waals surface area contributed by atoms with Crippen LogP contribution in [0.3, 0.4) is 0 Å². The Bertz CT molecular complexity index is 897. The summed E-state index contributed by atoms with van der Waals surface area (Å²) in [5.41, 5.74) is 3.78. The molecule has 1 amide bonds. The lowest BCUT2D eigenvalue weighted by molar-refractivity contribution is 0.0735. The summed E-state index contributed by atoms with van der Waals surface area (Å²) in [6, 6.07) is 10.0. The van der Waals surface area contributed by atoms with Crippen LogP contribution in [0.2, 0.25) is 0 Å². The number of hydrogen-bond donors (Lipinski definition) is 0. The van der Waals surface area contributed by atoms with E-state index >= 15 is 0 Å². The maximum atomic E-state index is 12.9. The van der Waals surface area contributed by atoms with Crippen molar-refractivity contribution >= 4 is 33.2 Å². The molecule has 0 aliphatic carbocycles. The number of rotatable bonds is 2. The van der Waals surface area contributed by atoms with Gasteiger partial charge in [0, 0.05) is 22.4 Å². The maximum Gasteiger partial charge on any atom is 0.257 e. The number of amides is 1. The van der Waals surface area contributed by atoms with Crippen LogP contribution in [0.5, 0.6) is 0 Å². The number of carbonyl (C=O) groups is 1. The molecule has 0 spiro atoms. The SMILES string of the molecule is Cc1c(C(=O)N2CCc3sccc3C2)cnn1-c1ccc(Br)cc1. The summed E-state index contributed by atoms with van der Waals surface area (Å²) in [7, 11) is 0. The van der Waals surface area contributed by atoms with Crippen molar-refractivity contribution < 1.29 is 4.79 Å². The van der Waals surface area contributed by atoms with Crippen molar-refractivity contribution in [2.75, 3.05) is 6.54 Å². The molecule has 0 N–H and O–H groups in total. The van der Waals surface area contributed by atoms with Crippen molar-refractivity contribution in [1.82, 2.24) is 14.7 Å². The van der Waals surface area contributed by atoms with Crippen LogP contribution in [0.25, 0.3) is 5.69 Å². The second-order valence-electron chi connectivity index (χ2n) is 5.88. The van der Waals surface area contributed by atoms with Crippen molar-refractivity contribution in [3.8, 4) is 5.69 Å². The summed E-state index contributed by atoms with van der Waals surface area (Å²) < 4.78 is 2.84. The molecule has 122 valence electrons. The summed E-state index contributed by atoms with van der Waals surface area (Å²) in [5.74, 6) is 0.0627. The molecule has 24 heavy (non-hydrogen) atoms. The second kappa shape index (κ2) is 6.18. The molecule has 0 bridgehead atoms. The zero-order chi connectivity index (χ0) is 16.7. The Morgan fingerprint density at radius 2 is 2.04 bits per heavy atom. The number of hydrogen-bond acceptors (Lipinski definition) is 3. The predicted molar refractivity (Wildman–Crippen MR) is 98.8 cm³/mol. The van der Waals surface area contributed by atoms with Crippen molar-refractivity contribution in [2.45, 2.75) is 19.9 Å². The molecule has 4 rings (SSSR count). The average Bonchev–Trinajstić information content (AvgIpc) is 3.21. The van der Waals surface area contributed by atoms with Gasteiger partial charge in [-0.25, -0.2) is 4.68 Å². The molecule has 0 unspecified atom stereocenters. The van der Waals surface area contributed by atoms with Gasteiger partial charge in [0.2, 0.25) is 0 Å². The molecule has 0 saturated heterocycles. The summed E-state index contributed by atoms with van der Waals surface area (Å²) in [5, 5.41) is 6.53. The molecule has 1 aliphatic rings. The summed E-state index contributed by atoms with van der Waals surface area (Å²) in [6.07, 6.45) is 2.63. The van der Waals surface area contributed by atoms with E-state index in [1.807, 2.05) is 40.8 Å². The minimum absolute atomic E-state index is 0.0627. The van der Waals surface area contributed by atoms with Gasteiger partial charge >= 0.3 is 0 Å². The normalized spacial score (nSPS) is 13.8. The van der Waals surface area contributed by atoms with Crippen LogP contribution in [0.1, 0.15) is 26.5 Å². The minimum Gasteiger partial charge on any atom is -0.334 e. The second-order valence-corrected chi connectivity index (χ2v) is 7.79. The van der Waals surface area contributed by atoms with Crippen LogP contribution in [0.15, 0.2) is 46.4 Å². The van der Waals surface area contributed by atoms with Gasteiger partial charge in [-0.3, -0.25) is 4.79 Å². The van der Waals surface area contributed by atoms with Gasteiger partial charge in [0.25, 0.3) is 5.91 Å². The maximum absolute atomic E-state index is 12.9. The first-order chi connectivity index (χ1) is 11.6. The van der Waals surface area contributed by atoms with Gasteiger partial charge < -0.3 is 4.90 Å². The highest BCUT2D eigenvalue weighted by atomic mass is 79.9. The first-order valence-corrected chi connectivity index (χ1v) is 9.46. The van der Waals surface area contributed by atoms with E-state index in [4.69, 9.17) is 0 Å². The van der Waals surface area contributed by atoms with E-state index in [2.05, 4.69) is 32.5 Å². The fourth-order valence-corrected chi connectivity index (χ4v) is 4.21. The number of fused-ring (bicyclic) bond motifs is 1. The van der Waals surface area contributed by atoms with Crippen LogP contribution in [-0.2, 0) is 13.0 Å². The monoisotopic (exact) mass is 401 g/mol. The quantitative estimate of drug-likeness (QED) is 0.644. The van der Waals surface area contributed by atoms with Gasteiger partial charge in [0.15, 0.2) is 0 Å². The predicted octanol–water partition coefficient (Wildman–Crippen LogP) is 4.20. The van der Waals surface area contributed by atoms with Crippen molar-refractivity contribution in [2.24, 2.45) is 0 Å². The van der Waals surface area contributed by atoms with E-state index in [0.717, 1.165) is 28.8 Å². The molecule has 0 fully saturated rings. The zero-order valence-corrected chi connectivity index (χ0v) is 15.6. The molecule has 4 nitrogen and oxygen atoms in total. The smallest absolute Gasteiger partial charge is 0.257 e. The first kappa shape index (κ1) is 15.6. The Labute approximate surface area is 152 Å². The van der Waals surface area contributed by atoms with Crippen LogP contribution < -0.4 is 0 Å². The van der Waals surface area contributed by atoms with Gasteiger partial charge in [-0.1, -0.05) is 15.9 Å². The van der Waals surface area contributed by atoms with E-state index in [-0.39, 0.29) is 5.91 Å². The summed E-state index contributed by atoms with van der Waals surface area (Å²) in [6.45, 7) is 3.41. The average molecular weight is 402 g/mol. The van der Waals surface area contributed by atoms with Crippen molar-refractivity contribution in [3.05, 3.63) is 68.1 Å². The number of halogens is 1. The standard InChI is InChI=1S/C18H16BrN3OS/c1-12-16(10-20-22(12)15-4-2-14(19)3-5-15)18(23)21-8-6-17-13(11-21)7-9-24-17/h2-5,7,9-10H,6,8,11H2,1H3. The third-order valence-corrected chi connectivity index (χ3v) is 5.96. The molecule has 0 radical (unpaired) electrons. The molecule has 2 aromatic heterocycles. The van der Waals surface area contributed by atoms with E-state index < -0.39 is 0 Å². The van der Waals surface area contributed by atoms with Gasteiger partial charge in [0.05, 0.1) is 23.1 Å². The van der Waals surface area contributed by atoms with Gasteiger partial charge in [0.1, 0.15) is 0 Å². The van der Waals surface area contributed by atoms with Crippen molar-refractivity contribution in [1.29, 1.82) is 0 Å². The Hall–Kier alpha value is -1.92. The number of thiophene rings is 1. The van der Waals surface area contributed by atoms with E-state index in [0.29, 0.717) is 12.1 Å².